The summed E-state index contributed by atoms with van der Waals surface area (Å²) >= 11 is 5.89. The first-order valence-corrected chi connectivity index (χ1v) is 8.07. The van der Waals surface area contributed by atoms with Gasteiger partial charge in [0.25, 0.3) is 0 Å². The molecule has 1 fully saturated rings. The summed E-state index contributed by atoms with van der Waals surface area (Å²) in [5, 5.41) is 15.9. The fourth-order valence-electron chi connectivity index (χ4n) is 2.49. The van der Waals surface area contributed by atoms with Crippen LogP contribution in [0.25, 0.3) is 0 Å². The molecule has 0 aromatic heterocycles. The number of amides is 2. The minimum atomic E-state index is -0.364. The summed E-state index contributed by atoms with van der Waals surface area (Å²) in [5.41, 5.74) is 1.01. The molecule has 1 aromatic carbocycles. The topological polar surface area (TPSA) is 70.6 Å². The van der Waals surface area contributed by atoms with E-state index < -0.39 is 0 Å². The van der Waals surface area contributed by atoms with E-state index in [0.717, 1.165) is 12.0 Å². The summed E-state index contributed by atoms with van der Waals surface area (Å²) < 4.78 is 5.73. The molecule has 1 saturated heterocycles. The molecule has 3 unspecified atom stereocenters. The normalized spacial score (nSPS) is 22.3. The van der Waals surface area contributed by atoms with Crippen LogP contribution in [-0.4, -0.2) is 36.4 Å². The quantitative estimate of drug-likeness (QED) is 0.752. The summed E-state index contributed by atoms with van der Waals surface area (Å²) in [5.74, 6) is 0. The van der Waals surface area contributed by atoms with Gasteiger partial charge < -0.3 is 20.5 Å². The third kappa shape index (κ3) is 4.87. The van der Waals surface area contributed by atoms with E-state index in [9.17, 15) is 9.90 Å². The zero-order chi connectivity index (χ0) is 15.9. The highest BCUT2D eigenvalue weighted by atomic mass is 35.5. The Morgan fingerprint density at radius 2 is 2.18 bits per heavy atom. The van der Waals surface area contributed by atoms with Gasteiger partial charge in [0, 0.05) is 18.2 Å². The summed E-state index contributed by atoms with van der Waals surface area (Å²) in [6.07, 6.45) is 1.52. The van der Waals surface area contributed by atoms with Gasteiger partial charge in [0.15, 0.2) is 0 Å². The Morgan fingerprint density at radius 1 is 1.45 bits per heavy atom. The van der Waals surface area contributed by atoms with Gasteiger partial charge in [0.2, 0.25) is 0 Å². The lowest BCUT2D eigenvalue weighted by Gasteiger charge is -2.20. The first kappa shape index (κ1) is 17.1. The van der Waals surface area contributed by atoms with Crippen molar-refractivity contribution in [1.82, 2.24) is 10.6 Å². The van der Waals surface area contributed by atoms with Crippen LogP contribution in [0, 0.1) is 0 Å². The highest BCUT2D eigenvalue weighted by Crippen LogP contribution is 2.29. The van der Waals surface area contributed by atoms with Gasteiger partial charge in [-0.05, 0) is 37.0 Å². The maximum atomic E-state index is 11.9. The maximum absolute atomic E-state index is 11.9. The van der Waals surface area contributed by atoms with Crippen molar-refractivity contribution in [3.63, 3.8) is 0 Å². The van der Waals surface area contributed by atoms with Crippen LogP contribution in [0.4, 0.5) is 4.79 Å². The second-order valence-electron chi connectivity index (χ2n) is 5.49. The second kappa shape index (κ2) is 8.36. The lowest BCUT2D eigenvalue weighted by molar-refractivity contribution is 0.0998. The summed E-state index contributed by atoms with van der Waals surface area (Å²) in [6.45, 7) is 2.99. The summed E-state index contributed by atoms with van der Waals surface area (Å²) in [4.78, 5) is 11.9. The fraction of sp³-hybridized carbons (Fsp3) is 0.562. The van der Waals surface area contributed by atoms with E-state index in [1.807, 2.05) is 31.2 Å². The molecule has 1 aliphatic rings. The second-order valence-corrected chi connectivity index (χ2v) is 5.93. The third-order valence-electron chi connectivity index (χ3n) is 3.84. The van der Waals surface area contributed by atoms with Crippen molar-refractivity contribution >= 4 is 17.6 Å². The minimum Gasteiger partial charge on any atom is -0.393 e. The minimum absolute atomic E-state index is 0.0581. The molecule has 2 rings (SSSR count). The standard InChI is InChI=1S/C16H23ClN2O3/c1-2-13(20)7-9-18-16(21)19-14-8-10-22-15(14)11-3-5-12(17)6-4-11/h3-6,13-15,20H,2,7-10H2,1H3,(H2,18,19,21). The first-order valence-electron chi connectivity index (χ1n) is 7.69. The molecule has 1 aliphatic heterocycles. The van der Waals surface area contributed by atoms with Gasteiger partial charge >= 0.3 is 6.03 Å². The van der Waals surface area contributed by atoms with Gasteiger partial charge in [0.1, 0.15) is 6.10 Å². The van der Waals surface area contributed by atoms with Crippen molar-refractivity contribution in [1.29, 1.82) is 0 Å². The molecule has 1 aromatic rings. The van der Waals surface area contributed by atoms with Crippen molar-refractivity contribution in [2.24, 2.45) is 0 Å². The average molecular weight is 327 g/mol. The van der Waals surface area contributed by atoms with Gasteiger partial charge in [-0.25, -0.2) is 4.79 Å². The lowest BCUT2D eigenvalue weighted by Crippen LogP contribution is -2.44. The molecule has 0 spiro atoms. The van der Waals surface area contributed by atoms with E-state index in [4.69, 9.17) is 16.3 Å². The van der Waals surface area contributed by atoms with Crippen molar-refractivity contribution in [2.75, 3.05) is 13.2 Å². The number of nitrogens with one attached hydrogen (secondary N) is 2. The Kier molecular flexibility index (Phi) is 6.49. The molecule has 1 heterocycles. The van der Waals surface area contributed by atoms with Crippen LogP contribution in [0.15, 0.2) is 24.3 Å². The van der Waals surface area contributed by atoms with Gasteiger partial charge in [-0.2, -0.15) is 0 Å². The highest BCUT2D eigenvalue weighted by molar-refractivity contribution is 6.30. The molecular weight excluding hydrogens is 304 g/mol. The molecule has 0 bridgehead atoms. The molecule has 6 heteroatoms. The number of ether oxygens (including phenoxy) is 1. The van der Waals surface area contributed by atoms with Crippen LogP contribution < -0.4 is 10.6 Å². The highest BCUT2D eigenvalue weighted by Gasteiger charge is 2.30. The Labute approximate surface area is 136 Å². The first-order chi connectivity index (χ1) is 10.6. The van der Waals surface area contributed by atoms with Crippen LogP contribution in [0.2, 0.25) is 5.02 Å². The monoisotopic (exact) mass is 326 g/mol. The van der Waals surface area contributed by atoms with Gasteiger partial charge in [0.05, 0.1) is 12.1 Å². The molecule has 22 heavy (non-hydrogen) atoms. The van der Waals surface area contributed by atoms with E-state index in [1.165, 1.54) is 0 Å². The van der Waals surface area contributed by atoms with Crippen molar-refractivity contribution in [2.45, 2.75) is 44.4 Å². The van der Waals surface area contributed by atoms with E-state index in [2.05, 4.69) is 10.6 Å². The van der Waals surface area contributed by atoms with Crippen LogP contribution in [0.1, 0.15) is 37.9 Å². The molecule has 3 atom stereocenters. The molecular formula is C16H23ClN2O3. The van der Waals surface area contributed by atoms with Crippen LogP contribution >= 0.6 is 11.6 Å². The predicted molar refractivity (Wildman–Crippen MR) is 86.0 cm³/mol. The molecule has 3 N–H and O–H groups in total. The Hall–Kier alpha value is -1.30. The molecule has 0 saturated carbocycles. The molecule has 5 nitrogen and oxygen atoms in total. The number of aliphatic hydroxyl groups excluding tert-OH is 1. The van der Waals surface area contributed by atoms with Crippen LogP contribution in [0.5, 0.6) is 0 Å². The van der Waals surface area contributed by atoms with Gasteiger partial charge in [-0.1, -0.05) is 30.7 Å². The zero-order valence-corrected chi connectivity index (χ0v) is 13.5. The van der Waals surface area contributed by atoms with Crippen molar-refractivity contribution in [3.8, 4) is 0 Å². The van der Waals surface area contributed by atoms with E-state index in [1.54, 1.807) is 0 Å². The number of halogens is 1. The lowest BCUT2D eigenvalue weighted by atomic mass is 10.0. The van der Waals surface area contributed by atoms with Gasteiger partial charge in [-0.3, -0.25) is 0 Å². The number of carbonyl (C=O) groups excluding carboxylic acids is 1. The Balaban J connectivity index is 1.83. The molecule has 0 aliphatic carbocycles. The summed E-state index contributed by atoms with van der Waals surface area (Å²) in [6, 6.07) is 7.20. The number of aliphatic hydroxyl groups is 1. The van der Waals surface area contributed by atoms with Crippen LogP contribution in [0.3, 0.4) is 0 Å². The number of benzene rings is 1. The largest absolute Gasteiger partial charge is 0.393 e. The van der Waals surface area contributed by atoms with E-state index in [0.29, 0.717) is 31.0 Å². The van der Waals surface area contributed by atoms with Crippen LogP contribution in [-0.2, 0) is 4.74 Å². The molecule has 122 valence electrons. The van der Waals surface area contributed by atoms with E-state index >= 15 is 0 Å². The number of carbonyl (C=O) groups is 1. The van der Waals surface area contributed by atoms with Crippen molar-refractivity contribution in [3.05, 3.63) is 34.9 Å². The molecule has 0 radical (unpaired) electrons. The smallest absolute Gasteiger partial charge is 0.315 e. The summed E-state index contributed by atoms with van der Waals surface area (Å²) in [7, 11) is 0. The Bertz CT molecular complexity index is 481. The number of hydrogen-bond donors (Lipinski definition) is 3. The number of hydrogen-bond acceptors (Lipinski definition) is 3. The average Bonchev–Trinajstić information content (AvgIpc) is 2.96. The number of rotatable bonds is 6. The van der Waals surface area contributed by atoms with E-state index in [-0.39, 0.29) is 24.3 Å². The SMILES string of the molecule is CCC(O)CCNC(=O)NC1CCOC1c1ccc(Cl)cc1. The Morgan fingerprint density at radius 3 is 2.86 bits per heavy atom. The fourth-order valence-corrected chi connectivity index (χ4v) is 2.62. The maximum Gasteiger partial charge on any atom is 0.315 e. The van der Waals surface area contributed by atoms with Crippen molar-refractivity contribution < 1.29 is 14.6 Å². The zero-order valence-electron chi connectivity index (χ0n) is 12.7. The molecule has 2 amide bonds. The predicted octanol–water partition coefficient (Wildman–Crippen LogP) is 2.63. The third-order valence-corrected chi connectivity index (χ3v) is 4.09. The number of urea groups is 1. The van der Waals surface area contributed by atoms with Gasteiger partial charge in [-0.15, -0.1) is 0 Å².